The average Bonchev–Trinajstić information content (AvgIpc) is 3.16. The van der Waals surface area contributed by atoms with Crippen molar-refractivity contribution < 1.29 is 23.1 Å². The number of aliphatic hydroxyl groups excluding tert-OH is 1. The summed E-state index contributed by atoms with van der Waals surface area (Å²) >= 11 is 6.05. The molecule has 0 unspecified atom stereocenters. The highest BCUT2D eigenvalue weighted by Gasteiger charge is 2.24. The smallest absolute Gasteiger partial charge is 0.255 e. The number of hydrogen-bond acceptors (Lipinski definition) is 5. The number of anilines is 1. The first-order valence-electron chi connectivity index (χ1n) is 9.70. The fraction of sp³-hybridized carbons (Fsp3) is 0.136. The van der Waals surface area contributed by atoms with Crippen LogP contribution in [0.5, 0.6) is 0 Å². The Bertz CT molecular complexity index is 1330. The minimum Gasteiger partial charge on any atom is -0.385 e. The highest BCUT2D eigenvalue weighted by molar-refractivity contribution is 6.34. The number of aromatic nitrogens is 3. The molecule has 4 N–H and O–H groups in total. The first kappa shape index (κ1) is 22.6. The van der Waals surface area contributed by atoms with Crippen LogP contribution in [0.2, 0.25) is 5.02 Å². The van der Waals surface area contributed by atoms with Crippen molar-refractivity contribution in [3.8, 4) is 11.1 Å². The van der Waals surface area contributed by atoms with Gasteiger partial charge in [-0.25, -0.2) is 17.7 Å². The lowest BCUT2D eigenvalue weighted by Gasteiger charge is -2.17. The van der Waals surface area contributed by atoms with Crippen molar-refractivity contribution in [1.82, 2.24) is 19.9 Å². The molecule has 0 radical (unpaired) electrons. The molecule has 2 aromatic carbocycles. The zero-order valence-electron chi connectivity index (χ0n) is 16.8. The van der Waals surface area contributed by atoms with Crippen LogP contribution >= 0.6 is 11.6 Å². The minimum absolute atomic E-state index is 0.0485. The summed E-state index contributed by atoms with van der Waals surface area (Å²) in [6, 6.07) is 10.5. The van der Waals surface area contributed by atoms with Crippen LogP contribution in [0, 0.1) is 11.6 Å². The van der Waals surface area contributed by atoms with Crippen molar-refractivity contribution in [3.05, 3.63) is 82.5 Å². The third-order valence-electron chi connectivity index (χ3n) is 4.99. The quantitative estimate of drug-likeness (QED) is 0.394. The second kappa shape index (κ2) is 9.08. The maximum absolute atomic E-state index is 15.3. The number of halogens is 4. The third kappa shape index (κ3) is 4.62. The van der Waals surface area contributed by atoms with E-state index < -0.39 is 41.9 Å². The Balaban J connectivity index is 1.54. The Morgan fingerprint density at radius 1 is 1.18 bits per heavy atom. The van der Waals surface area contributed by atoms with Crippen molar-refractivity contribution in [2.45, 2.75) is 12.3 Å². The van der Waals surface area contributed by atoms with E-state index in [1.165, 1.54) is 41.0 Å². The number of rotatable bonds is 6. The van der Waals surface area contributed by atoms with E-state index in [4.69, 9.17) is 17.3 Å². The predicted octanol–water partition coefficient (Wildman–Crippen LogP) is 3.71. The molecule has 7 nitrogen and oxygen atoms in total. The summed E-state index contributed by atoms with van der Waals surface area (Å²) in [5.41, 5.74) is 6.06. The van der Waals surface area contributed by atoms with Gasteiger partial charge in [-0.1, -0.05) is 23.7 Å². The Kier molecular flexibility index (Phi) is 6.21. The second-order valence-corrected chi connectivity index (χ2v) is 7.60. The van der Waals surface area contributed by atoms with E-state index in [0.29, 0.717) is 11.2 Å². The molecule has 11 heteroatoms. The summed E-state index contributed by atoms with van der Waals surface area (Å²) in [6.07, 6.45) is -2.00. The van der Waals surface area contributed by atoms with Gasteiger partial charge in [0.2, 0.25) is 5.95 Å². The van der Waals surface area contributed by atoms with Gasteiger partial charge in [0.15, 0.2) is 5.65 Å². The van der Waals surface area contributed by atoms with Gasteiger partial charge in [-0.05, 0) is 47.5 Å². The van der Waals surface area contributed by atoms with E-state index in [0.717, 1.165) is 12.1 Å². The van der Waals surface area contributed by atoms with Gasteiger partial charge in [-0.2, -0.15) is 4.98 Å². The molecule has 2 atom stereocenters. The van der Waals surface area contributed by atoms with Gasteiger partial charge in [0.1, 0.15) is 23.9 Å². The number of carbonyl (C=O) groups excluding carboxylic acids is 1. The molecule has 0 aliphatic rings. The van der Waals surface area contributed by atoms with Gasteiger partial charge >= 0.3 is 0 Å². The number of carbonyl (C=O) groups is 1. The van der Waals surface area contributed by atoms with Gasteiger partial charge in [0.25, 0.3) is 5.91 Å². The second-order valence-electron chi connectivity index (χ2n) is 7.19. The van der Waals surface area contributed by atoms with Crippen molar-refractivity contribution in [1.29, 1.82) is 0 Å². The maximum Gasteiger partial charge on any atom is 0.255 e. The number of pyridine rings is 1. The maximum atomic E-state index is 15.3. The molecule has 1 amide bonds. The zero-order chi connectivity index (χ0) is 23.7. The van der Waals surface area contributed by atoms with Crippen LogP contribution < -0.4 is 11.1 Å². The van der Waals surface area contributed by atoms with Crippen LogP contribution in [-0.4, -0.2) is 38.3 Å². The highest BCUT2D eigenvalue weighted by atomic mass is 35.5. The van der Waals surface area contributed by atoms with E-state index in [1.54, 1.807) is 6.07 Å². The molecule has 0 fully saturated rings. The van der Waals surface area contributed by atoms with Gasteiger partial charge in [0.05, 0.1) is 17.1 Å². The Morgan fingerprint density at radius 3 is 2.64 bits per heavy atom. The molecular formula is C22H17ClF3N5O2. The number of aliphatic hydroxyl groups is 1. The van der Waals surface area contributed by atoms with Crippen molar-refractivity contribution in [2.75, 3.05) is 12.3 Å². The van der Waals surface area contributed by atoms with Crippen LogP contribution in [0.25, 0.3) is 16.8 Å². The first-order valence-corrected chi connectivity index (χ1v) is 10.1. The van der Waals surface area contributed by atoms with Crippen molar-refractivity contribution in [2.24, 2.45) is 0 Å². The number of nitrogens with zero attached hydrogens (tertiary/aromatic N) is 3. The molecule has 2 heterocycles. The molecule has 2 aromatic heterocycles. The fourth-order valence-corrected chi connectivity index (χ4v) is 3.54. The summed E-state index contributed by atoms with van der Waals surface area (Å²) in [6.45, 7) is -0.623. The number of benzene rings is 2. The topological polar surface area (TPSA) is 106 Å². The molecule has 0 aliphatic heterocycles. The number of nitrogens with two attached hydrogens (primary N) is 1. The van der Waals surface area contributed by atoms with Crippen molar-refractivity contribution in [3.63, 3.8) is 0 Å². The fourth-order valence-electron chi connectivity index (χ4n) is 3.31. The SMILES string of the molecule is Nc1nc2cc(-c3ccc(Cl)c(C(=O)NC[C@@H](F)[C@H](O)c4ccc(F)cc4)c3F)ccn2n1. The number of amides is 1. The van der Waals surface area contributed by atoms with E-state index >= 15 is 4.39 Å². The number of fused-ring (bicyclic) bond motifs is 1. The van der Waals surface area contributed by atoms with Gasteiger partial charge < -0.3 is 16.2 Å². The molecule has 0 aliphatic carbocycles. The van der Waals surface area contributed by atoms with E-state index in [-0.39, 0.29) is 22.1 Å². The molecule has 33 heavy (non-hydrogen) atoms. The molecular weight excluding hydrogens is 459 g/mol. The summed E-state index contributed by atoms with van der Waals surface area (Å²) in [5.74, 6) is -2.36. The number of nitrogens with one attached hydrogen (secondary N) is 1. The molecule has 0 bridgehead atoms. The van der Waals surface area contributed by atoms with Crippen LogP contribution in [0.3, 0.4) is 0 Å². The monoisotopic (exact) mass is 475 g/mol. The van der Waals surface area contributed by atoms with E-state index in [1.807, 2.05) is 0 Å². The van der Waals surface area contributed by atoms with Gasteiger partial charge in [-0.15, -0.1) is 5.10 Å². The standard InChI is InChI=1S/C22H17ClF3N5O2/c23-15-6-5-14(12-7-8-31-17(9-12)29-22(27)30-31)19(26)18(15)21(33)28-10-16(25)20(32)11-1-3-13(24)4-2-11/h1-9,16,20,32H,10H2,(H2,27,30)(H,28,33)/t16-,20-/m1/s1. The Labute approximate surface area is 190 Å². The molecule has 170 valence electrons. The van der Waals surface area contributed by atoms with Crippen LogP contribution in [0.15, 0.2) is 54.7 Å². The largest absolute Gasteiger partial charge is 0.385 e. The lowest BCUT2D eigenvalue weighted by atomic mass is 10.0. The number of alkyl halides is 1. The Hall–Kier alpha value is -3.63. The number of hydrogen-bond donors (Lipinski definition) is 3. The molecule has 0 saturated carbocycles. The zero-order valence-corrected chi connectivity index (χ0v) is 17.6. The molecule has 4 rings (SSSR count). The lowest BCUT2D eigenvalue weighted by Crippen LogP contribution is -2.34. The molecule has 0 spiro atoms. The normalized spacial score (nSPS) is 13.1. The molecule has 0 saturated heterocycles. The third-order valence-corrected chi connectivity index (χ3v) is 5.31. The summed E-state index contributed by atoms with van der Waals surface area (Å²) in [7, 11) is 0. The van der Waals surface area contributed by atoms with Crippen molar-refractivity contribution >= 4 is 29.1 Å². The summed E-state index contributed by atoms with van der Waals surface area (Å²) in [5, 5.41) is 16.1. The predicted molar refractivity (Wildman–Crippen MR) is 116 cm³/mol. The minimum atomic E-state index is -1.93. The summed E-state index contributed by atoms with van der Waals surface area (Å²) < 4.78 is 44.1. The Morgan fingerprint density at radius 2 is 1.91 bits per heavy atom. The average molecular weight is 476 g/mol. The van der Waals surface area contributed by atoms with E-state index in [9.17, 15) is 18.7 Å². The van der Waals surface area contributed by atoms with Crippen LogP contribution in [0.1, 0.15) is 22.0 Å². The van der Waals surface area contributed by atoms with Crippen LogP contribution in [0.4, 0.5) is 19.1 Å². The summed E-state index contributed by atoms with van der Waals surface area (Å²) in [4.78, 5) is 16.6. The number of nitrogen functional groups attached to an aromatic ring is 1. The lowest BCUT2D eigenvalue weighted by molar-refractivity contribution is 0.0714. The van der Waals surface area contributed by atoms with E-state index in [2.05, 4.69) is 15.4 Å². The first-order chi connectivity index (χ1) is 15.7. The van der Waals surface area contributed by atoms with Gasteiger partial charge in [0, 0.05) is 11.8 Å². The van der Waals surface area contributed by atoms with Gasteiger partial charge in [-0.3, -0.25) is 4.79 Å². The van der Waals surface area contributed by atoms with Crippen LogP contribution in [-0.2, 0) is 0 Å². The highest BCUT2D eigenvalue weighted by Crippen LogP contribution is 2.30. The molecule has 4 aromatic rings.